The van der Waals surface area contributed by atoms with Crippen LogP contribution in [0.2, 0.25) is 0 Å². The molecule has 0 aliphatic heterocycles. The standard InChI is InChI=1S/C48H51F3N2O5S/c1-31-10-9-24-46(3)41(39-22-18-34(26-37(54)19-15-31)27-40(39)44(55)43-28-36-13-7-8-14-42(36)59-43)23-25-47(46,57)30-53(45(56)52-32(2)35-11-5-4-6-12-35)29-33-16-20-38(21-17-33)58-48(49,50)51/h4-8,10-14,16-18,20-22,27-28,32,37,41,54,57H,9,15,19,23-26,29-30H2,1-3H3,(H,52,56)/t32-,37+,41+,46+,47-/m1/s1. The van der Waals surface area contributed by atoms with Crippen molar-refractivity contribution >= 4 is 33.2 Å². The molecule has 59 heavy (non-hydrogen) atoms. The van der Waals surface area contributed by atoms with Crippen molar-refractivity contribution in [2.45, 2.75) is 102 Å². The summed E-state index contributed by atoms with van der Waals surface area (Å²) in [5, 5.41) is 28.3. The van der Waals surface area contributed by atoms with E-state index in [9.17, 15) is 33.0 Å². The van der Waals surface area contributed by atoms with Gasteiger partial charge in [-0.2, -0.15) is 0 Å². The fourth-order valence-corrected chi connectivity index (χ4v) is 10.1. The maximum Gasteiger partial charge on any atom is 0.573 e. The fourth-order valence-electron chi connectivity index (χ4n) is 9.06. The molecule has 5 atom stereocenters. The Morgan fingerprint density at radius 3 is 2.42 bits per heavy atom. The molecule has 0 unspecified atom stereocenters. The van der Waals surface area contributed by atoms with Gasteiger partial charge in [-0.05, 0) is 123 Å². The minimum atomic E-state index is -4.84. The van der Waals surface area contributed by atoms with E-state index in [1.807, 2.05) is 85.8 Å². The molecular formula is C48H51F3N2O5S. The zero-order valence-electron chi connectivity index (χ0n) is 33.6. The molecule has 5 aromatic rings. The Morgan fingerprint density at radius 1 is 0.966 bits per heavy atom. The van der Waals surface area contributed by atoms with E-state index in [4.69, 9.17) is 0 Å². The lowest BCUT2D eigenvalue weighted by Gasteiger charge is -2.46. The first-order valence-corrected chi connectivity index (χ1v) is 21.1. The third-order valence-electron chi connectivity index (χ3n) is 12.5. The van der Waals surface area contributed by atoms with Crippen LogP contribution in [0.5, 0.6) is 5.75 Å². The van der Waals surface area contributed by atoms with Gasteiger partial charge in [0, 0.05) is 22.2 Å². The van der Waals surface area contributed by atoms with Gasteiger partial charge in [0.25, 0.3) is 0 Å². The molecule has 0 saturated heterocycles. The van der Waals surface area contributed by atoms with Gasteiger partial charge in [-0.15, -0.1) is 24.5 Å². The molecule has 2 bridgehead atoms. The number of carbonyl (C=O) groups is 2. The van der Waals surface area contributed by atoms with Crippen LogP contribution in [0.25, 0.3) is 10.1 Å². The topological polar surface area (TPSA) is 99.1 Å². The van der Waals surface area contributed by atoms with Gasteiger partial charge in [0.15, 0.2) is 0 Å². The molecule has 3 aliphatic carbocycles. The molecule has 1 saturated carbocycles. The van der Waals surface area contributed by atoms with Gasteiger partial charge in [0.2, 0.25) is 5.78 Å². The number of aliphatic hydroxyl groups is 2. The Morgan fingerprint density at radius 2 is 1.69 bits per heavy atom. The first kappa shape index (κ1) is 42.2. The molecule has 310 valence electrons. The average Bonchev–Trinajstić information content (AvgIpc) is 3.75. The number of aliphatic hydroxyl groups excluding tert-OH is 1. The fraction of sp³-hybridized carbons (Fsp3) is 0.375. The second-order valence-electron chi connectivity index (χ2n) is 16.6. The summed E-state index contributed by atoms with van der Waals surface area (Å²) in [7, 11) is 0. The van der Waals surface area contributed by atoms with Crippen molar-refractivity contribution in [1.82, 2.24) is 10.2 Å². The number of rotatable bonds is 9. The van der Waals surface area contributed by atoms with Crippen molar-refractivity contribution in [1.29, 1.82) is 0 Å². The number of nitrogens with one attached hydrogen (secondary N) is 1. The maximum absolute atomic E-state index is 14.7. The molecule has 3 N–H and O–H groups in total. The van der Waals surface area contributed by atoms with Crippen LogP contribution in [0.15, 0.2) is 115 Å². The highest BCUT2D eigenvalue weighted by Gasteiger charge is 2.57. The number of alkyl halides is 3. The lowest BCUT2D eigenvalue weighted by atomic mass is 9.64. The predicted molar refractivity (Wildman–Crippen MR) is 226 cm³/mol. The molecule has 1 heterocycles. The van der Waals surface area contributed by atoms with Crippen molar-refractivity contribution in [2.24, 2.45) is 5.41 Å². The summed E-state index contributed by atoms with van der Waals surface area (Å²) < 4.78 is 44.1. The van der Waals surface area contributed by atoms with Crippen molar-refractivity contribution < 1.29 is 37.7 Å². The van der Waals surface area contributed by atoms with Gasteiger partial charge in [0.05, 0.1) is 29.2 Å². The van der Waals surface area contributed by atoms with Gasteiger partial charge in [0.1, 0.15) is 5.75 Å². The Balaban J connectivity index is 1.27. The SMILES string of the molecule is CC1=CCC[C@@]2(C)[C@@H](CC[C@@]2(O)CN(Cc2ccc(OC(F)(F)F)cc2)C(=O)N[C@H](C)c2ccccc2)c2ccc(cc2C(=O)c2cc3ccccc3s2)C[C@@H](O)CC1. The Kier molecular flexibility index (Phi) is 12.4. The van der Waals surface area contributed by atoms with Crippen LogP contribution in [0.4, 0.5) is 18.0 Å². The highest BCUT2D eigenvalue weighted by atomic mass is 32.1. The van der Waals surface area contributed by atoms with Gasteiger partial charge < -0.3 is 25.2 Å². The monoisotopic (exact) mass is 824 g/mol. The number of amides is 2. The Labute approximate surface area is 347 Å². The second-order valence-corrected chi connectivity index (χ2v) is 17.6. The van der Waals surface area contributed by atoms with Crippen LogP contribution in [-0.2, 0) is 13.0 Å². The lowest BCUT2D eigenvalue weighted by Crippen LogP contribution is -2.55. The normalized spacial score (nSPS) is 22.9. The molecule has 0 spiro atoms. The van der Waals surface area contributed by atoms with E-state index in [0.717, 1.165) is 32.3 Å². The number of hydrogen-bond acceptors (Lipinski definition) is 6. The quantitative estimate of drug-likeness (QED) is 0.102. The molecule has 0 radical (unpaired) electrons. The van der Waals surface area contributed by atoms with Crippen molar-refractivity contribution in [3.63, 3.8) is 0 Å². The van der Waals surface area contributed by atoms with E-state index in [0.29, 0.717) is 60.9 Å². The number of hydrogen-bond donors (Lipinski definition) is 3. The Bertz CT molecular complexity index is 2280. The summed E-state index contributed by atoms with van der Waals surface area (Å²) in [5.41, 5.74) is 2.57. The summed E-state index contributed by atoms with van der Waals surface area (Å²) in [5.74, 6) is -0.750. The zero-order chi connectivity index (χ0) is 42.0. The first-order chi connectivity index (χ1) is 28.1. The van der Waals surface area contributed by atoms with Crippen molar-refractivity contribution in [2.75, 3.05) is 6.54 Å². The van der Waals surface area contributed by atoms with E-state index >= 15 is 0 Å². The summed E-state index contributed by atoms with van der Waals surface area (Å²) in [6, 6.07) is 29.9. The number of nitrogens with zero attached hydrogens (tertiary/aromatic N) is 1. The number of allylic oxidation sites excluding steroid dienone is 2. The first-order valence-electron chi connectivity index (χ1n) is 20.3. The third kappa shape index (κ3) is 9.59. The summed E-state index contributed by atoms with van der Waals surface area (Å²) >= 11 is 1.45. The highest BCUT2D eigenvalue weighted by molar-refractivity contribution is 7.21. The van der Waals surface area contributed by atoms with Gasteiger partial charge in [-0.3, -0.25) is 4.79 Å². The molecule has 4 aromatic carbocycles. The molecule has 8 rings (SSSR count). The molecule has 1 aromatic heterocycles. The number of fused-ring (bicyclic) bond motifs is 9. The van der Waals surface area contributed by atoms with E-state index in [1.165, 1.54) is 35.6 Å². The van der Waals surface area contributed by atoms with Crippen LogP contribution < -0.4 is 10.1 Å². The maximum atomic E-state index is 14.7. The highest BCUT2D eigenvalue weighted by Crippen LogP contribution is 2.59. The molecule has 11 heteroatoms. The molecule has 1 fully saturated rings. The van der Waals surface area contributed by atoms with Crippen LogP contribution >= 0.6 is 11.3 Å². The lowest BCUT2D eigenvalue weighted by molar-refractivity contribution is -0.274. The number of ether oxygens (including phenoxy) is 1. The van der Waals surface area contributed by atoms with Crippen molar-refractivity contribution in [3.05, 3.63) is 147 Å². The smallest absolute Gasteiger partial charge is 0.406 e. The van der Waals surface area contributed by atoms with E-state index in [1.54, 1.807) is 4.90 Å². The predicted octanol–water partition coefficient (Wildman–Crippen LogP) is 11.0. The summed E-state index contributed by atoms with van der Waals surface area (Å²) in [6.07, 6.45) is 0.493. The van der Waals surface area contributed by atoms with Crippen molar-refractivity contribution in [3.8, 4) is 5.75 Å². The minimum Gasteiger partial charge on any atom is -0.406 e. The number of urea groups is 1. The van der Waals surface area contributed by atoms with E-state index < -0.39 is 29.5 Å². The summed E-state index contributed by atoms with van der Waals surface area (Å²) in [6.45, 7) is 5.94. The van der Waals surface area contributed by atoms with Gasteiger partial charge in [-0.25, -0.2) is 4.79 Å². The minimum absolute atomic E-state index is 0.00834. The second kappa shape index (κ2) is 17.3. The van der Waals surface area contributed by atoms with E-state index in [2.05, 4.69) is 30.0 Å². The number of ketones is 1. The van der Waals surface area contributed by atoms with Crippen LogP contribution in [0.1, 0.15) is 109 Å². The van der Waals surface area contributed by atoms with Gasteiger partial charge >= 0.3 is 12.4 Å². The zero-order valence-corrected chi connectivity index (χ0v) is 34.4. The number of benzene rings is 4. The number of halogens is 3. The third-order valence-corrected chi connectivity index (χ3v) is 13.6. The molecular weight excluding hydrogens is 774 g/mol. The average molecular weight is 825 g/mol. The largest absolute Gasteiger partial charge is 0.573 e. The molecule has 7 nitrogen and oxygen atoms in total. The number of carbonyl (C=O) groups excluding carboxylic acids is 2. The Hall–Kier alpha value is -4.97. The van der Waals surface area contributed by atoms with Crippen LogP contribution in [0.3, 0.4) is 0 Å². The molecule has 2 amide bonds. The van der Waals surface area contributed by atoms with Crippen LogP contribution in [-0.4, -0.2) is 51.5 Å². The summed E-state index contributed by atoms with van der Waals surface area (Å²) in [4.78, 5) is 31.2. The van der Waals surface area contributed by atoms with Crippen LogP contribution in [0, 0.1) is 5.41 Å². The molecule has 3 aliphatic rings. The number of thiophene rings is 1. The van der Waals surface area contributed by atoms with E-state index in [-0.39, 0.29) is 36.6 Å². The van der Waals surface area contributed by atoms with Gasteiger partial charge in [-0.1, -0.05) is 91.4 Å².